The molecule has 0 fully saturated rings. The van der Waals surface area contributed by atoms with Gasteiger partial charge in [0, 0.05) is 13.7 Å². The van der Waals surface area contributed by atoms with Crippen molar-refractivity contribution in [1.29, 1.82) is 0 Å². The van der Waals surface area contributed by atoms with E-state index in [1.807, 2.05) is 0 Å². The van der Waals surface area contributed by atoms with Crippen LogP contribution in [0.1, 0.15) is 32.6 Å². The molecule has 1 aliphatic rings. The summed E-state index contributed by atoms with van der Waals surface area (Å²) in [6.07, 6.45) is 3.03. The van der Waals surface area contributed by atoms with Crippen molar-refractivity contribution in [3.8, 4) is 0 Å². The Morgan fingerprint density at radius 3 is 2.53 bits per heavy atom. The lowest BCUT2D eigenvalue weighted by Gasteiger charge is -2.39. The van der Waals surface area contributed by atoms with E-state index in [2.05, 4.69) is 15.9 Å². The Morgan fingerprint density at radius 1 is 1.42 bits per heavy atom. The van der Waals surface area contributed by atoms with Gasteiger partial charge in [0.2, 0.25) is 0 Å². The molecule has 0 heterocycles. The van der Waals surface area contributed by atoms with E-state index in [1.165, 1.54) is 0 Å². The highest BCUT2D eigenvalue weighted by Crippen LogP contribution is 2.49. The summed E-state index contributed by atoms with van der Waals surface area (Å²) in [4.78, 5) is 23.0. The Hall–Kier alpha value is -0.880. The summed E-state index contributed by atoms with van der Waals surface area (Å²) < 4.78 is 5.59. The van der Waals surface area contributed by atoms with Crippen LogP contribution in [0.25, 0.3) is 0 Å². The van der Waals surface area contributed by atoms with Crippen LogP contribution in [0, 0.1) is 10.8 Å². The van der Waals surface area contributed by atoms with E-state index in [9.17, 15) is 19.8 Å². The molecule has 0 spiro atoms. The van der Waals surface area contributed by atoms with Gasteiger partial charge in [-0.05, 0) is 37.1 Å². The maximum Gasteiger partial charge on any atom is 0.313 e. The fourth-order valence-corrected chi connectivity index (χ4v) is 3.71. The minimum Gasteiger partial charge on any atom is -0.481 e. The largest absolute Gasteiger partial charge is 0.481 e. The highest BCUT2D eigenvalue weighted by molar-refractivity contribution is 9.11. The standard InChI is InChI=1S/C13H19BrO5/c1-12(10(15)16)6-9(14)7-13(8-12,11(17)18)4-3-5-19-2/h6H,3-5,7-8H2,1-2H3,(H,15,16)(H,17,18). The molecular formula is C13H19BrO5. The summed E-state index contributed by atoms with van der Waals surface area (Å²) in [6.45, 7) is 2.03. The number of aliphatic carboxylic acids is 2. The average molecular weight is 335 g/mol. The molecule has 108 valence electrons. The first-order valence-electron chi connectivity index (χ1n) is 6.09. The molecule has 0 aromatic rings. The number of carbonyl (C=O) groups is 2. The van der Waals surface area contributed by atoms with Gasteiger partial charge in [-0.3, -0.25) is 9.59 Å². The molecule has 19 heavy (non-hydrogen) atoms. The summed E-state index contributed by atoms with van der Waals surface area (Å²) in [6, 6.07) is 0. The number of ether oxygens (including phenoxy) is 1. The minimum atomic E-state index is -1.15. The lowest BCUT2D eigenvalue weighted by molar-refractivity contribution is -0.156. The molecule has 2 atom stereocenters. The Bertz CT molecular complexity index is 406. The van der Waals surface area contributed by atoms with Gasteiger partial charge in [-0.25, -0.2) is 0 Å². The molecule has 2 N–H and O–H groups in total. The number of methoxy groups -OCH3 is 1. The molecule has 0 aliphatic heterocycles. The van der Waals surface area contributed by atoms with Crippen molar-refractivity contribution in [1.82, 2.24) is 0 Å². The first kappa shape index (κ1) is 16.2. The zero-order valence-electron chi connectivity index (χ0n) is 11.1. The number of allylic oxidation sites excluding steroid dienone is 1. The molecule has 5 nitrogen and oxygen atoms in total. The topological polar surface area (TPSA) is 83.8 Å². The van der Waals surface area contributed by atoms with E-state index in [1.54, 1.807) is 20.1 Å². The van der Waals surface area contributed by atoms with E-state index in [0.717, 1.165) is 0 Å². The second kappa shape index (κ2) is 6.05. The third-order valence-electron chi connectivity index (χ3n) is 3.63. The quantitative estimate of drug-likeness (QED) is 0.729. The Kier molecular flexibility index (Phi) is 5.15. The number of halogens is 1. The smallest absolute Gasteiger partial charge is 0.313 e. The first-order valence-corrected chi connectivity index (χ1v) is 6.88. The van der Waals surface area contributed by atoms with Crippen LogP contribution in [-0.4, -0.2) is 35.9 Å². The predicted molar refractivity (Wildman–Crippen MR) is 73.2 cm³/mol. The van der Waals surface area contributed by atoms with E-state index >= 15 is 0 Å². The van der Waals surface area contributed by atoms with E-state index < -0.39 is 22.8 Å². The van der Waals surface area contributed by atoms with Gasteiger partial charge in [-0.1, -0.05) is 22.0 Å². The molecule has 0 saturated carbocycles. The van der Waals surface area contributed by atoms with E-state index in [0.29, 0.717) is 30.4 Å². The average Bonchev–Trinajstić information content (AvgIpc) is 2.27. The summed E-state index contributed by atoms with van der Waals surface area (Å²) in [5, 5.41) is 18.9. The van der Waals surface area contributed by atoms with Crippen LogP contribution < -0.4 is 0 Å². The maximum atomic E-state index is 11.6. The van der Waals surface area contributed by atoms with Gasteiger partial charge in [0.05, 0.1) is 10.8 Å². The number of hydrogen-bond donors (Lipinski definition) is 2. The molecule has 6 heteroatoms. The molecule has 0 amide bonds. The second-order valence-electron chi connectivity index (χ2n) is 5.35. The van der Waals surface area contributed by atoms with Crippen molar-refractivity contribution < 1.29 is 24.5 Å². The van der Waals surface area contributed by atoms with Gasteiger partial charge in [0.1, 0.15) is 0 Å². The molecule has 2 unspecified atom stereocenters. The van der Waals surface area contributed by atoms with E-state index in [4.69, 9.17) is 4.74 Å². The number of carboxylic acids is 2. The predicted octanol–water partition coefficient (Wildman–Crippen LogP) is 2.65. The molecule has 1 aliphatic carbocycles. The van der Waals surface area contributed by atoms with Crippen LogP contribution in [0.5, 0.6) is 0 Å². The van der Waals surface area contributed by atoms with Gasteiger partial charge in [0.15, 0.2) is 0 Å². The fourth-order valence-electron chi connectivity index (χ4n) is 2.66. The Labute approximate surface area is 120 Å². The van der Waals surface area contributed by atoms with Crippen LogP contribution in [-0.2, 0) is 14.3 Å². The summed E-state index contributed by atoms with van der Waals surface area (Å²) >= 11 is 3.29. The Morgan fingerprint density at radius 2 is 2.05 bits per heavy atom. The molecule has 1 rings (SSSR count). The molecule has 0 aromatic heterocycles. The van der Waals surface area contributed by atoms with Crippen LogP contribution in [0.3, 0.4) is 0 Å². The molecule has 0 bridgehead atoms. The highest BCUT2D eigenvalue weighted by atomic mass is 79.9. The zero-order valence-corrected chi connectivity index (χ0v) is 12.7. The monoisotopic (exact) mass is 334 g/mol. The van der Waals surface area contributed by atoms with Gasteiger partial charge in [0.25, 0.3) is 0 Å². The lowest BCUT2D eigenvalue weighted by Crippen LogP contribution is -2.42. The fraction of sp³-hybridized carbons (Fsp3) is 0.692. The van der Waals surface area contributed by atoms with Crippen molar-refractivity contribution in [3.63, 3.8) is 0 Å². The van der Waals surface area contributed by atoms with Crippen LogP contribution >= 0.6 is 15.9 Å². The first-order chi connectivity index (χ1) is 8.76. The van der Waals surface area contributed by atoms with Gasteiger partial charge < -0.3 is 14.9 Å². The van der Waals surface area contributed by atoms with Crippen molar-refractivity contribution >= 4 is 27.9 Å². The zero-order chi connectivity index (χ0) is 14.7. The Balaban J connectivity index is 3.03. The van der Waals surface area contributed by atoms with Crippen molar-refractivity contribution in [3.05, 3.63) is 10.6 Å². The summed E-state index contributed by atoms with van der Waals surface area (Å²) in [5.41, 5.74) is -2.19. The SMILES string of the molecule is COCCCC1(C(=O)O)CC(Br)=CC(C)(C(=O)O)C1. The van der Waals surface area contributed by atoms with Crippen molar-refractivity contribution in [2.45, 2.75) is 32.6 Å². The summed E-state index contributed by atoms with van der Waals surface area (Å²) in [5.74, 6) is -1.94. The van der Waals surface area contributed by atoms with Crippen LogP contribution in [0.4, 0.5) is 0 Å². The second-order valence-corrected chi connectivity index (χ2v) is 6.37. The van der Waals surface area contributed by atoms with Crippen molar-refractivity contribution in [2.75, 3.05) is 13.7 Å². The van der Waals surface area contributed by atoms with Gasteiger partial charge in [-0.2, -0.15) is 0 Å². The molecule has 0 radical (unpaired) electrons. The molecular weight excluding hydrogens is 316 g/mol. The van der Waals surface area contributed by atoms with E-state index in [-0.39, 0.29) is 6.42 Å². The molecule has 0 aromatic carbocycles. The maximum absolute atomic E-state index is 11.6. The highest BCUT2D eigenvalue weighted by Gasteiger charge is 2.49. The third kappa shape index (κ3) is 3.57. The number of rotatable bonds is 6. The number of hydrogen-bond acceptors (Lipinski definition) is 3. The van der Waals surface area contributed by atoms with Crippen LogP contribution in [0.2, 0.25) is 0 Å². The third-order valence-corrected chi connectivity index (χ3v) is 4.14. The number of carboxylic acid groups (broad SMARTS) is 2. The lowest BCUT2D eigenvalue weighted by atomic mass is 9.64. The van der Waals surface area contributed by atoms with Gasteiger partial charge in [-0.15, -0.1) is 0 Å². The minimum absolute atomic E-state index is 0.101. The molecule has 0 saturated heterocycles. The normalized spacial score (nSPS) is 30.8. The van der Waals surface area contributed by atoms with Gasteiger partial charge >= 0.3 is 11.9 Å². The van der Waals surface area contributed by atoms with Crippen molar-refractivity contribution in [2.24, 2.45) is 10.8 Å². The van der Waals surface area contributed by atoms with Crippen LogP contribution in [0.15, 0.2) is 10.6 Å². The summed E-state index contributed by atoms with van der Waals surface area (Å²) in [7, 11) is 1.56.